The van der Waals surface area contributed by atoms with Crippen LogP contribution in [0.4, 0.5) is 18.0 Å². The van der Waals surface area contributed by atoms with Crippen LogP contribution in [0.5, 0.6) is 0 Å². The molecule has 2 aliphatic rings. The average Bonchev–Trinajstić information content (AvgIpc) is 3.47. The van der Waals surface area contributed by atoms with Crippen molar-refractivity contribution in [2.75, 3.05) is 33.4 Å². The highest BCUT2D eigenvalue weighted by Gasteiger charge is 2.42. The van der Waals surface area contributed by atoms with E-state index in [2.05, 4.69) is 20.4 Å². The number of alkyl carbamates (subject to hydrolysis) is 1. The van der Waals surface area contributed by atoms with Crippen molar-refractivity contribution in [3.05, 3.63) is 17.7 Å². The predicted molar refractivity (Wildman–Crippen MR) is 103 cm³/mol. The summed E-state index contributed by atoms with van der Waals surface area (Å²) in [4.78, 5) is 29.6. The molecule has 1 aromatic rings. The van der Waals surface area contributed by atoms with Gasteiger partial charge in [0.25, 0.3) is 5.91 Å². The van der Waals surface area contributed by atoms with Gasteiger partial charge in [0.2, 0.25) is 5.82 Å². The average molecular weight is 447 g/mol. The van der Waals surface area contributed by atoms with Crippen LogP contribution in [0.15, 0.2) is 6.20 Å². The van der Waals surface area contributed by atoms with Crippen LogP contribution >= 0.6 is 0 Å². The molecule has 1 aliphatic heterocycles. The summed E-state index contributed by atoms with van der Waals surface area (Å²) in [7, 11) is 1.21. The lowest BCUT2D eigenvalue weighted by molar-refractivity contribution is -0.148. The first-order valence-corrected chi connectivity index (χ1v) is 10.3. The quantitative estimate of drug-likeness (QED) is 0.589. The fourth-order valence-electron chi connectivity index (χ4n) is 3.62. The Balaban J connectivity index is 1.75. The fourth-order valence-corrected chi connectivity index (χ4v) is 3.62. The van der Waals surface area contributed by atoms with E-state index in [1.54, 1.807) is 11.8 Å². The number of nitrogens with zero attached hydrogens (tertiary/aromatic N) is 3. The van der Waals surface area contributed by atoms with Crippen LogP contribution in [0, 0.1) is 0 Å². The van der Waals surface area contributed by atoms with Crippen molar-refractivity contribution in [3.8, 4) is 0 Å². The van der Waals surface area contributed by atoms with Gasteiger partial charge in [-0.05, 0) is 26.2 Å². The topological polar surface area (TPSA) is 97.7 Å². The molecule has 1 aromatic heterocycles. The van der Waals surface area contributed by atoms with Crippen LogP contribution in [-0.4, -0.2) is 71.9 Å². The summed E-state index contributed by atoms with van der Waals surface area (Å²) in [6.45, 7) is 3.31. The van der Waals surface area contributed by atoms with Crippen molar-refractivity contribution < 1.29 is 32.2 Å². The standard InChI is InChI=1S/C19H28F3N5O4/c1-12(27(13-4-5-13)16(28)15-10-23-7-9-31-15)14-11-26(17(25-14)19(20,21)22)8-3-6-24-18(29)30-2/h11-13,15,23H,3-10H2,1-2H3,(H,24,29)/t12-,15-/m1/s1. The molecule has 0 radical (unpaired) electrons. The summed E-state index contributed by atoms with van der Waals surface area (Å²) in [5.74, 6) is -1.25. The Labute approximate surface area is 178 Å². The molecule has 9 nitrogen and oxygen atoms in total. The normalized spacial score (nSPS) is 20.2. The number of nitrogens with one attached hydrogen (secondary N) is 2. The van der Waals surface area contributed by atoms with Gasteiger partial charge in [-0.2, -0.15) is 13.2 Å². The summed E-state index contributed by atoms with van der Waals surface area (Å²) in [5, 5.41) is 5.54. The predicted octanol–water partition coefficient (Wildman–Crippen LogP) is 1.69. The number of carbonyl (C=O) groups excluding carboxylic acids is 2. The Hall–Kier alpha value is -2.34. The molecular formula is C19H28F3N5O4. The van der Waals surface area contributed by atoms with E-state index in [1.165, 1.54) is 13.3 Å². The number of morpholine rings is 1. The third-order valence-electron chi connectivity index (χ3n) is 5.32. The number of aromatic nitrogens is 2. The molecule has 0 unspecified atom stereocenters. The van der Waals surface area contributed by atoms with Crippen molar-refractivity contribution >= 4 is 12.0 Å². The van der Waals surface area contributed by atoms with E-state index in [4.69, 9.17) is 4.74 Å². The molecule has 2 amide bonds. The van der Waals surface area contributed by atoms with Gasteiger partial charge in [0.1, 0.15) is 6.10 Å². The lowest BCUT2D eigenvalue weighted by atomic mass is 10.1. The van der Waals surface area contributed by atoms with Crippen LogP contribution in [0.25, 0.3) is 0 Å². The molecule has 0 bridgehead atoms. The zero-order chi connectivity index (χ0) is 22.6. The highest BCUT2D eigenvalue weighted by Crippen LogP contribution is 2.36. The lowest BCUT2D eigenvalue weighted by Crippen LogP contribution is -2.50. The molecule has 2 atom stereocenters. The van der Waals surface area contributed by atoms with Crippen LogP contribution in [0.2, 0.25) is 0 Å². The summed E-state index contributed by atoms with van der Waals surface area (Å²) in [6.07, 6.45) is -2.72. The van der Waals surface area contributed by atoms with Gasteiger partial charge in [-0.15, -0.1) is 0 Å². The third-order valence-corrected chi connectivity index (χ3v) is 5.32. The molecule has 1 saturated carbocycles. The second-order valence-corrected chi connectivity index (χ2v) is 7.67. The van der Waals surface area contributed by atoms with E-state index in [9.17, 15) is 22.8 Å². The monoisotopic (exact) mass is 447 g/mol. The maximum Gasteiger partial charge on any atom is 0.449 e. The van der Waals surface area contributed by atoms with E-state index in [0.717, 1.165) is 17.4 Å². The van der Waals surface area contributed by atoms with Crippen molar-refractivity contribution in [2.24, 2.45) is 0 Å². The highest BCUT2D eigenvalue weighted by atomic mass is 19.4. The molecule has 2 heterocycles. The van der Waals surface area contributed by atoms with E-state index in [1.807, 2.05) is 0 Å². The molecule has 0 spiro atoms. The van der Waals surface area contributed by atoms with Crippen LogP contribution < -0.4 is 10.6 Å². The van der Waals surface area contributed by atoms with E-state index >= 15 is 0 Å². The number of alkyl halides is 3. The summed E-state index contributed by atoms with van der Waals surface area (Å²) in [6, 6.07) is -0.641. The fraction of sp³-hybridized carbons (Fsp3) is 0.737. The Morgan fingerprint density at radius 3 is 2.77 bits per heavy atom. The van der Waals surface area contributed by atoms with Crippen LogP contribution in [-0.2, 0) is 27.0 Å². The lowest BCUT2D eigenvalue weighted by Gasteiger charge is -2.33. The largest absolute Gasteiger partial charge is 0.453 e. The molecular weight excluding hydrogens is 419 g/mol. The number of ether oxygens (including phenoxy) is 2. The summed E-state index contributed by atoms with van der Waals surface area (Å²) in [5.41, 5.74) is 0.178. The van der Waals surface area contributed by atoms with Crippen molar-refractivity contribution in [1.82, 2.24) is 25.1 Å². The molecule has 0 aromatic carbocycles. The number of amides is 2. The number of hydrogen-bond acceptors (Lipinski definition) is 6. The summed E-state index contributed by atoms with van der Waals surface area (Å²) >= 11 is 0. The van der Waals surface area contributed by atoms with Crippen LogP contribution in [0.1, 0.15) is 43.7 Å². The number of rotatable bonds is 8. The number of aryl methyl sites for hydroxylation is 1. The van der Waals surface area contributed by atoms with Crippen LogP contribution in [0.3, 0.4) is 0 Å². The van der Waals surface area contributed by atoms with E-state index in [0.29, 0.717) is 19.7 Å². The zero-order valence-electron chi connectivity index (χ0n) is 17.6. The maximum atomic E-state index is 13.6. The van der Waals surface area contributed by atoms with Gasteiger partial charge >= 0.3 is 12.3 Å². The second-order valence-electron chi connectivity index (χ2n) is 7.67. The van der Waals surface area contributed by atoms with E-state index < -0.39 is 30.2 Å². The molecule has 12 heteroatoms. The van der Waals surface area contributed by atoms with Gasteiger partial charge in [0.15, 0.2) is 0 Å². The van der Waals surface area contributed by atoms with Crippen molar-refractivity contribution in [2.45, 2.75) is 57.1 Å². The number of carbonyl (C=O) groups is 2. The Morgan fingerprint density at radius 2 is 2.19 bits per heavy atom. The SMILES string of the molecule is COC(=O)NCCCn1cc([C@@H](C)N(C(=O)[C@H]2CNCCO2)C2CC2)nc1C(F)(F)F. The molecule has 2 fully saturated rings. The van der Waals surface area contributed by atoms with Crippen molar-refractivity contribution in [3.63, 3.8) is 0 Å². The highest BCUT2D eigenvalue weighted by molar-refractivity contribution is 5.82. The second kappa shape index (κ2) is 9.86. The molecule has 1 saturated heterocycles. The number of halogens is 3. The van der Waals surface area contributed by atoms with Crippen molar-refractivity contribution in [1.29, 1.82) is 0 Å². The Bertz CT molecular complexity index is 775. The third kappa shape index (κ3) is 5.88. The minimum Gasteiger partial charge on any atom is -0.453 e. The first kappa shape index (κ1) is 23.3. The number of hydrogen-bond donors (Lipinski definition) is 2. The number of imidazole rings is 1. The van der Waals surface area contributed by atoms with Gasteiger partial charge < -0.3 is 29.6 Å². The zero-order valence-corrected chi connectivity index (χ0v) is 17.6. The smallest absolute Gasteiger partial charge is 0.449 e. The molecule has 3 rings (SSSR count). The minimum atomic E-state index is -4.64. The summed E-state index contributed by atoms with van der Waals surface area (Å²) < 4.78 is 51.7. The van der Waals surface area contributed by atoms with Gasteiger partial charge in [-0.3, -0.25) is 4.79 Å². The van der Waals surface area contributed by atoms with Gasteiger partial charge in [-0.25, -0.2) is 9.78 Å². The number of methoxy groups -OCH3 is 1. The first-order valence-electron chi connectivity index (χ1n) is 10.3. The Morgan fingerprint density at radius 1 is 1.45 bits per heavy atom. The van der Waals surface area contributed by atoms with Gasteiger partial charge in [-0.1, -0.05) is 0 Å². The van der Waals surface area contributed by atoms with E-state index in [-0.39, 0.29) is 37.2 Å². The Kier molecular flexibility index (Phi) is 7.42. The molecule has 2 N–H and O–H groups in total. The minimum absolute atomic E-state index is 0.00554. The molecule has 31 heavy (non-hydrogen) atoms. The molecule has 174 valence electrons. The first-order chi connectivity index (χ1) is 14.7. The van der Waals surface area contributed by atoms with Gasteiger partial charge in [0.05, 0.1) is 25.5 Å². The molecule has 1 aliphatic carbocycles. The maximum absolute atomic E-state index is 13.6. The van der Waals surface area contributed by atoms with Gasteiger partial charge in [0, 0.05) is 38.4 Å².